The van der Waals surface area contributed by atoms with E-state index in [1.807, 2.05) is 12.4 Å². The molecular formula is C10H20N4. The van der Waals surface area contributed by atoms with Gasteiger partial charge in [-0.2, -0.15) is 5.10 Å². The van der Waals surface area contributed by atoms with Crippen molar-refractivity contribution in [2.24, 2.45) is 0 Å². The third-order valence-corrected chi connectivity index (χ3v) is 2.02. The molecule has 4 heteroatoms. The van der Waals surface area contributed by atoms with Gasteiger partial charge in [0.05, 0.1) is 6.20 Å². The number of aromatic amines is 1. The highest BCUT2D eigenvalue weighted by Gasteiger charge is 1.92. The summed E-state index contributed by atoms with van der Waals surface area (Å²) in [5, 5.41) is 13.4. The summed E-state index contributed by atoms with van der Waals surface area (Å²) in [5.74, 6) is 0. The highest BCUT2D eigenvalue weighted by Crippen LogP contribution is 1.91. The van der Waals surface area contributed by atoms with Crippen LogP contribution in [0.25, 0.3) is 0 Å². The molecule has 0 amide bonds. The average Bonchev–Trinajstić information content (AvgIpc) is 2.69. The summed E-state index contributed by atoms with van der Waals surface area (Å²) in [4.78, 5) is 0. The zero-order valence-corrected chi connectivity index (χ0v) is 8.84. The summed E-state index contributed by atoms with van der Waals surface area (Å²) >= 11 is 0. The van der Waals surface area contributed by atoms with Crippen LogP contribution in [0.5, 0.6) is 0 Å². The van der Waals surface area contributed by atoms with Crippen molar-refractivity contribution in [2.45, 2.75) is 26.3 Å². The van der Waals surface area contributed by atoms with Crippen molar-refractivity contribution in [3.05, 3.63) is 18.0 Å². The third-order valence-electron chi connectivity index (χ3n) is 2.02. The molecule has 14 heavy (non-hydrogen) atoms. The van der Waals surface area contributed by atoms with Crippen molar-refractivity contribution >= 4 is 0 Å². The quantitative estimate of drug-likeness (QED) is 0.541. The van der Waals surface area contributed by atoms with Crippen molar-refractivity contribution < 1.29 is 0 Å². The first-order valence-electron chi connectivity index (χ1n) is 5.32. The lowest BCUT2D eigenvalue weighted by molar-refractivity contribution is 0.592. The normalized spacial score (nSPS) is 10.6. The number of aromatic nitrogens is 2. The van der Waals surface area contributed by atoms with Gasteiger partial charge in [-0.25, -0.2) is 0 Å². The molecule has 0 aromatic carbocycles. The Bertz CT molecular complexity index is 208. The molecule has 0 radical (unpaired) electrons. The SMILES string of the molecule is CCCNCCCNCc1cn[nH]c1. The lowest BCUT2D eigenvalue weighted by atomic mass is 10.3. The van der Waals surface area contributed by atoms with Gasteiger partial charge < -0.3 is 10.6 Å². The van der Waals surface area contributed by atoms with Crippen LogP contribution >= 0.6 is 0 Å². The Morgan fingerprint density at radius 1 is 1.29 bits per heavy atom. The number of hydrogen-bond acceptors (Lipinski definition) is 3. The van der Waals surface area contributed by atoms with E-state index in [0.29, 0.717) is 0 Å². The second-order valence-corrected chi connectivity index (χ2v) is 3.39. The summed E-state index contributed by atoms with van der Waals surface area (Å²) < 4.78 is 0. The van der Waals surface area contributed by atoms with Gasteiger partial charge in [-0.1, -0.05) is 6.92 Å². The van der Waals surface area contributed by atoms with Gasteiger partial charge in [0.2, 0.25) is 0 Å². The molecule has 0 fully saturated rings. The van der Waals surface area contributed by atoms with Crippen LogP contribution in [0, 0.1) is 0 Å². The first-order chi connectivity index (χ1) is 6.93. The molecule has 0 bridgehead atoms. The summed E-state index contributed by atoms with van der Waals surface area (Å²) in [6.07, 6.45) is 6.16. The lowest BCUT2D eigenvalue weighted by Crippen LogP contribution is -2.22. The van der Waals surface area contributed by atoms with E-state index in [1.165, 1.54) is 18.4 Å². The van der Waals surface area contributed by atoms with E-state index in [2.05, 4.69) is 27.8 Å². The molecule has 0 aliphatic heterocycles. The Morgan fingerprint density at radius 3 is 2.86 bits per heavy atom. The lowest BCUT2D eigenvalue weighted by Gasteiger charge is -2.03. The van der Waals surface area contributed by atoms with Crippen molar-refractivity contribution in [1.82, 2.24) is 20.8 Å². The molecule has 4 nitrogen and oxygen atoms in total. The van der Waals surface area contributed by atoms with Gasteiger partial charge in [-0.3, -0.25) is 5.10 Å². The molecule has 3 N–H and O–H groups in total. The van der Waals surface area contributed by atoms with Crippen LogP contribution in [0.1, 0.15) is 25.3 Å². The average molecular weight is 196 g/mol. The molecule has 0 saturated carbocycles. The van der Waals surface area contributed by atoms with E-state index in [1.54, 1.807) is 0 Å². The van der Waals surface area contributed by atoms with E-state index < -0.39 is 0 Å². The molecule has 0 unspecified atom stereocenters. The monoisotopic (exact) mass is 196 g/mol. The van der Waals surface area contributed by atoms with E-state index in [9.17, 15) is 0 Å². The zero-order chi connectivity index (χ0) is 10.1. The molecule has 0 spiro atoms. The van der Waals surface area contributed by atoms with E-state index in [-0.39, 0.29) is 0 Å². The van der Waals surface area contributed by atoms with Crippen LogP contribution in [0.2, 0.25) is 0 Å². The molecule has 80 valence electrons. The van der Waals surface area contributed by atoms with Gasteiger partial charge in [-0.05, 0) is 32.5 Å². The van der Waals surface area contributed by atoms with Crippen molar-refractivity contribution in [3.8, 4) is 0 Å². The topological polar surface area (TPSA) is 52.7 Å². The maximum Gasteiger partial charge on any atom is 0.0532 e. The molecule has 0 aliphatic rings. The summed E-state index contributed by atoms with van der Waals surface area (Å²) in [6.45, 7) is 6.38. The molecule has 0 saturated heterocycles. The van der Waals surface area contributed by atoms with E-state index in [0.717, 1.165) is 26.2 Å². The number of hydrogen-bond donors (Lipinski definition) is 3. The number of nitrogens with zero attached hydrogens (tertiary/aromatic N) is 1. The Balaban J connectivity index is 1.85. The molecule has 1 rings (SSSR count). The molecule has 0 aliphatic carbocycles. The predicted molar refractivity (Wildman–Crippen MR) is 58.1 cm³/mol. The van der Waals surface area contributed by atoms with Gasteiger partial charge in [0, 0.05) is 18.3 Å². The Kier molecular flexibility index (Phi) is 6.02. The largest absolute Gasteiger partial charge is 0.317 e. The van der Waals surface area contributed by atoms with Gasteiger partial charge in [0.15, 0.2) is 0 Å². The zero-order valence-electron chi connectivity index (χ0n) is 8.84. The van der Waals surface area contributed by atoms with Crippen molar-refractivity contribution in [3.63, 3.8) is 0 Å². The van der Waals surface area contributed by atoms with Crippen molar-refractivity contribution in [2.75, 3.05) is 19.6 Å². The third kappa shape index (κ3) is 4.99. The Hall–Kier alpha value is -0.870. The van der Waals surface area contributed by atoms with Crippen LogP contribution in [0.3, 0.4) is 0 Å². The van der Waals surface area contributed by atoms with Crippen LogP contribution in [-0.4, -0.2) is 29.8 Å². The maximum atomic E-state index is 3.88. The first-order valence-corrected chi connectivity index (χ1v) is 5.32. The number of nitrogens with one attached hydrogen (secondary N) is 3. The smallest absolute Gasteiger partial charge is 0.0532 e. The minimum absolute atomic E-state index is 0.907. The van der Waals surface area contributed by atoms with Gasteiger partial charge in [0.25, 0.3) is 0 Å². The fourth-order valence-corrected chi connectivity index (χ4v) is 1.25. The number of H-pyrrole nitrogens is 1. The van der Waals surface area contributed by atoms with Crippen LogP contribution in [-0.2, 0) is 6.54 Å². The second-order valence-electron chi connectivity index (χ2n) is 3.39. The van der Waals surface area contributed by atoms with Crippen LogP contribution in [0.4, 0.5) is 0 Å². The van der Waals surface area contributed by atoms with E-state index in [4.69, 9.17) is 0 Å². The summed E-state index contributed by atoms with van der Waals surface area (Å²) in [7, 11) is 0. The molecule has 1 aromatic rings. The minimum atomic E-state index is 0.907. The standard InChI is InChI=1S/C10H20N4/c1-2-4-11-5-3-6-12-7-10-8-13-14-9-10/h8-9,11-12H,2-7H2,1H3,(H,13,14). The maximum absolute atomic E-state index is 3.88. The summed E-state index contributed by atoms with van der Waals surface area (Å²) in [6, 6.07) is 0. The van der Waals surface area contributed by atoms with Gasteiger partial charge in [0.1, 0.15) is 0 Å². The van der Waals surface area contributed by atoms with Crippen molar-refractivity contribution in [1.29, 1.82) is 0 Å². The fourth-order valence-electron chi connectivity index (χ4n) is 1.25. The van der Waals surface area contributed by atoms with Crippen LogP contribution in [0.15, 0.2) is 12.4 Å². The minimum Gasteiger partial charge on any atom is -0.317 e. The molecule has 1 heterocycles. The molecular weight excluding hydrogens is 176 g/mol. The predicted octanol–water partition coefficient (Wildman–Crippen LogP) is 0.889. The molecule has 0 atom stereocenters. The van der Waals surface area contributed by atoms with E-state index >= 15 is 0 Å². The van der Waals surface area contributed by atoms with Gasteiger partial charge in [-0.15, -0.1) is 0 Å². The fraction of sp³-hybridized carbons (Fsp3) is 0.700. The summed E-state index contributed by atoms with van der Waals surface area (Å²) in [5.41, 5.74) is 1.21. The number of rotatable bonds is 8. The Labute approximate surface area is 85.5 Å². The molecule has 1 aromatic heterocycles. The van der Waals surface area contributed by atoms with Crippen LogP contribution < -0.4 is 10.6 Å². The van der Waals surface area contributed by atoms with Gasteiger partial charge >= 0.3 is 0 Å². The highest BCUT2D eigenvalue weighted by molar-refractivity contribution is 5.01. The second kappa shape index (κ2) is 7.53. The first kappa shape index (κ1) is 11.2. The Morgan fingerprint density at radius 2 is 2.14 bits per heavy atom. The highest BCUT2D eigenvalue weighted by atomic mass is 15.1.